The van der Waals surface area contributed by atoms with Crippen LogP contribution in [0.3, 0.4) is 0 Å². The Kier molecular flexibility index (Phi) is 11.3. The van der Waals surface area contributed by atoms with Gasteiger partial charge in [0, 0.05) is 41.0 Å². The zero-order chi connectivity index (χ0) is 41.4. The SMILES string of the molecule is C=C[C@@H]1C[C@]1(NC(=O)[C@@H]1C[C@@H]2CN1C(=O)[C@H](C(C)(C)C)NC(=O)OCCCCC=Cc1cc3c(cc(-c4ccccc4)nc3cc1OC)O2)C(=O)NS(=O)(=O)C1CC1. The number of cyclic esters (lactones) is 1. The summed E-state index contributed by atoms with van der Waals surface area (Å²) in [5.74, 6) is -1.50. The third-order valence-corrected chi connectivity index (χ3v) is 13.1. The molecule has 15 heteroatoms. The fraction of sp³-hybridized carbons (Fsp3) is 0.465. The summed E-state index contributed by atoms with van der Waals surface area (Å²) in [7, 11) is -2.32. The first kappa shape index (κ1) is 40.7. The van der Waals surface area contributed by atoms with Gasteiger partial charge >= 0.3 is 6.09 Å². The molecule has 2 aromatic carbocycles. The van der Waals surface area contributed by atoms with Crippen LogP contribution in [0.1, 0.15) is 71.3 Å². The molecule has 0 spiro atoms. The summed E-state index contributed by atoms with van der Waals surface area (Å²) in [5, 5.41) is 5.62. The first-order valence-electron chi connectivity index (χ1n) is 19.8. The number of rotatable bonds is 8. The van der Waals surface area contributed by atoms with Crippen LogP contribution in [0.15, 0.2) is 67.3 Å². The number of ether oxygens (including phenoxy) is 3. The minimum Gasteiger partial charge on any atom is -0.496 e. The van der Waals surface area contributed by atoms with Crippen molar-refractivity contribution in [1.29, 1.82) is 0 Å². The zero-order valence-electron chi connectivity index (χ0n) is 33.3. The van der Waals surface area contributed by atoms with Crippen LogP contribution in [0.25, 0.3) is 28.2 Å². The van der Waals surface area contributed by atoms with E-state index in [1.54, 1.807) is 27.9 Å². The van der Waals surface area contributed by atoms with Crippen LogP contribution in [-0.4, -0.2) is 91.4 Å². The van der Waals surface area contributed by atoms with Crippen molar-refractivity contribution in [2.24, 2.45) is 11.3 Å². The highest BCUT2D eigenvalue weighted by atomic mass is 32.2. The van der Waals surface area contributed by atoms with Crippen molar-refractivity contribution in [2.75, 3.05) is 20.3 Å². The van der Waals surface area contributed by atoms with Crippen LogP contribution in [0, 0.1) is 11.3 Å². The van der Waals surface area contributed by atoms with Crippen LogP contribution in [0.4, 0.5) is 4.79 Å². The van der Waals surface area contributed by atoms with Gasteiger partial charge < -0.3 is 29.7 Å². The van der Waals surface area contributed by atoms with Crippen molar-refractivity contribution in [3.8, 4) is 22.8 Å². The number of nitrogens with zero attached hydrogens (tertiary/aromatic N) is 2. The van der Waals surface area contributed by atoms with Gasteiger partial charge in [-0.25, -0.2) is 18.2 Å². The van der Waals surface area contributed by atoms with Crippen molar-refractivity contribution >= 4 is 50.8 Å². The number of carbonyl (C=O) groups excluding carboxylic acids is 4. The second-order valence-electron chi connectivity index (χ2n) is 16.6. The average Bonchev–Trinajstić information content (AvgIpc) is 4.12. The fourth-order valence-electron chi connectivity index (χ4n) is 7.69. The quantitative estimate of drug-likeness (QED) is 0.254. The fourth-order valence-corrected chi connectivity index (χ4v) is 9.05. The monoisotopic (exact) mass is 813 g/mol. The summed E-state index contributed by atoms with van der Waals surface area (Å²) in [6, 6.07) is 13.0. The van der Waals surface area contributed by atoms with Crippen LogP contribution in [0.2, 0.25) is 0 Å². The molecule has 7 rings (SSSR count). The molecule has 4 amide bonds. The number of methoxy groups -OCH3 is 1. The smallest absolute Gasteiger partial charge is 0.407 e. The third kappa shape index (κ3) is 8.54. The maximum absolute atomic E-state index is 14.7. The van der Waals surface area contributed by atoms with Gasteiger partial charge in [0.1, 0.15) is 35.2 Å². The van der Waals surface area contributed by atoms with E-state index in [1.807, 2.05) is 60.7 Å². The lowest BCUT2D eigenvalue weighted by Gasteiger charge is -2.35. The Morgan fingerprint density at radius 1 is 1.10 bits per heavy atom. The number of aromatic nitrogens is 1. The molecule has 0 radical (unpaired) electrons. The first-order valence-corrected chi connectivity index (χ1v) is 21.3. The summed E-state index contributed by atoms with van der Waals surface area (Å²) in [6.07, 6.45) is 7.11. The van der Waals surface area contributed by atoms with E-state index in [0.29, 0.717) is 47.4 Å². The maximum Gasteiger partial charge on any atom is 0.407 e. The van der Waals surface area contributed by atoms with Crippen molar-refractivity contribution in [1.82, 2.24) is 25.2 Å². The number of hydrogen-bond donors (Lipinski definition) is 3. The maximum atomic E-state index is 14.7. The molecule has 58 heavy (non-hydrogen) atoms. The molecule has 3 N–H and O–H groups in total. The standard InChI is InChI=1S/C43H51N5O9S/c1-6-28-24-43(28,40(51)47-58(53,54)30-17-18-30)46-38(49)34-21-29-25-48(34)39(50)37(42(2,3)4)45-41(52)56-19-13-8-7-10-16-27-20-31-33(23-35(27)55-5)44-32(22-36(31)57-29)26-14-11-9-12-15-26/h6,9-12,14-16,20,22-23,28-30,34,37H,1,7-8,13,17-19,21,24-25H2,2-5H3,(H,45,52)(H,46,49)(H,47,51)/t28-,29-,34+,37-,43-/m1/s1. The van der Waals surface area contributed by atoms with E-state index >= 15 is 0 Å². The molecule has 3 fully saturated rings. The van der Waals surface area contributed by atoms with Gasteiger partial charge in [0.2, 0.25) is 21.8 Å². The number of carbonyl (C=O) groups is 4. The molecule has 14 nitrogen and oxygen atoms in total. The predicted octanol–water partition coefficient (Wildman–Crippen LogP) is 5.27. The van der Waals surface area contributed by atoms with Crippen molar-refractivity contribution in [3.63, 3.8) is 0 Å². The van der Waals surface area contributed by atoms with Gasteiger partial charge in [-0.15, -0.1) is 6.58 Å². The van der Waals surface area contributed by atoms with E-state index in [9.17, 15) is 27.6 Å². The van der Waals surface area contributed by atoms with E-state index in [-0.39, 0.29) is 26.0 Å². The molecule has 3 heterocycles. The van der Waals surface area contributed by atoms with Crippen LogP contribution in [-0.2, 0) is 29.1 Å². The van der Waals surface area contributed by atoms with Crippen molar-refractivity contribution in [3.05, 3.63) is 72.8 Å². The van der Waals surface area contributed by atoms with E-state index < -0.39 is 74.1 Å². The van der Waals surface area contributed by atoms with Crippen LogP contribution < -0.4 is 24.8 Å². The molecule has 308 valence electrons. The summed E-state index contributed by atoms with van der Waals surface area (Å²) >= 11 is 0. The highest BCUT2D eigenvalue weighted by Crippen LogP contribution is 2.46. The number of benzene rings is 2. The van der Waals surface area contributed by atoms with Crippen LogP contribution >= 0.6 is 0 Å². The lowest BCUT2D eigenvalue weighted by Crippen LogP contribution is -2.60. The van der Waals surface area contributed by atoms with Gasteiger partial charge in [-0.2, -0.15) is 0 Å². The Bertz CT molecular complexity index is 2250. The van der Waals surface area contributed by atoms with Gasteiger partial charge in [-0.1, -0.05) is 69.3 Å². The molecule has 4 aliphatic rings. The number of pyridine rings is 1. The Morgan fingerprint density at radius 2 is 1.86 bits per heavy atom. The normalized spacial score (nSPS) is 25.3. The number of amides is 4. The Hall–Kier alpha value is -5.44. The summed E-state index contributed by atoms with van der Waals surface area (Å²) in [6.45, 7) is 9.29. The molecule has 1 saturated heterocycles. The average molecular weight is 814 g/mol. The van der Waals surface area contributed by atoms with E-state index in [1.165, 1.54) is 11.0 Å². The van der Waals surface area contributed by atoms with Crippen molar-refractivity contribution < 1.29 is 41.8 Å². The van der Waals surface area contributed by atoms with Gasteiger partial charge in [0.15, 0.2) is 0 Å². The number of allylic oxidation sites excluding steroid dienone is 1. The lowest BCUT2D eigenvalue weighted by molar-refractivity contribution is -0.142. The number of alkyl carbamates (subject to hydrolysis) is 1. The highest BCUT2D eigenvalue weighted by molar-refractivity contribution is 7.91. The van der Waals surface area contributed by atoms with Gasteiger partial charge in [0.05, 0.1) is 36.7 Å². The summed E-state index contributed by atoms with van der Waals surface area (Å²) in [5.41, 5.74) is 0.513. The molecular weight excluding hydrogens is 763 g/mol. The van der Waals surface area contributed by atoms with Crippen molar-refractivity contribution in [2.45, 2.75) is 94.7 Å². The van der Waals surface area contributed by atoms with Gasteiger partial charge in [-0.05, 0) is 50.0 Å². The van der Waals surface area contributed by atoms with E-state index in [4.69, 9.17) is 19.2 Å². The minimum absolute atomic E-state index is 0.0170. The van der Waals surface area contributed by atoms with Gasteiger partial charge in [0.25, 0.3) is 5.91 Å². The molecular formula is C43H51N5O9S. The Labute approximate surface area is 338 Å². The Morgan fingerprint density at radius 3 is 2.53 bits per heavy atom. The lowest BCUT2D eigenvalue weighted by atomic mass is 9.85. The topological polar surface area (TPSA) is 182 Å². The first-order chi connectivity index (χ1) is 27.6. The number of hydrogen-bond acceptors (Lipinski definition) is 10. The van der Waals surface area contributed by atoms with E-state index in [2.05, 4.69) is 21.9 Å². The molecule has 2 aliphatic heterocycles. The zero-order valence-corrected chi connectivity index (χ0v) is 34.1. The summed E-state index contributed by atoms with van der Waals surface area (Å²) in [4.78, 5) is 62.3. The molecule has 4 bridgehead atoms. The largest absolute Gasteiger partial charge is 0.496 e. The highest BCUT2D eigenvalue weighted by Gasteiger charge is 2.62. The molecule has 2 saturated carbocycles. The third-order valence-electron chi connectivity index (χ3n) is 11.3. The molecule has 1 aromatic heterocycles. The molecule has 5 atom stereocenters. The minimum atomic E-state index is -3.92. The summed E-state index contributed by atoms with van der Waals surface area (Å²) < 4.78 is 45.9. The Balaban J connectivity index is 1.28. The molecule has 2 aliphatic carbocycles. The van der Waals surface area contributed by atoms with Gasteiger partial charge in [-0.3, -0.25) is 19.1 Å². The number of fused-ring (bicyclic) bond motifs is 3. The second kappa shape index (κ2) is 16.1. The van der Waals surface area contributed by atoms with Crippen LogP contribution in [0.5, 0.6) is 11.5 Å². The predicted molar refractivity (Wildman–Crippen MR) is 218 cm³/mol. The second-order valence-corrected chi connectivity index (χ2v) is 18.6. The number of nitrogens with one attached hydrogen (secondary N) is 3. The molecule has 3 aromatic rings. The number of sulfonamides is 1. The van der Waals surface area contributed by atoms with E-state index in [0.717, 1.165) is 24.0 Å². The molecule has 0 unspecified atom stereocenters.